The zero-order chi connectivity index (χ0) is 19.2. The summed E-state index contributed by atoms with van der Waals surface area (Å²) in [6.07, 6.45) is -8.49. The van der Waals surface area contributed by atoms with Crippen LogP contribution in [0.25, 0.3) is 0 Å². The van der Waals surface area contributed by atoms with Crippen molar-refractivity contribution >= 4 is 0 Å². The third-order valence-corrected chi connectivity index (χ3v) is 3.73. The molecule has 8 heteroatoms. The largest absolute Gasteiger partial charge is 0.459 e. The summed E-state index contributed by atoms with van der Waals surface area (Å²) >= 11 is 0. The zero-order valence-corrected chi connectivity index (χ0v) is 13.6. The lowest BCUT2D eigenvalue weighted by molar-refractivity contribution is -0.361. The van der Waals surface area contributed by atoms with E-state index in [9.17, 15) is 35.8 Å². The van der Waals surface area contributed by atoms with Crippen LogP contribution in [0.2, 0.25) is 0 Å². The quantitative estimate of drug-likeness (QED) is 0.712. The van der Waals surface area contributed by atoms with E-state index < -0.39 is 35.5 Å². The van der Waals surface area contributed by atoms with Crippen LogP contribution in [0.5, 0.6) is 0 Å². The molecule has 0 aliphatic rings. The highest BCUT2D eigenvalue weighted by Crippen LogP contribution is 2.50. The molecule has 1 N–H and O–H groups in total. The van der Waals surface area contributed by atoms with E-state index in [-0.39, 0.29) is 5.56 Å². The van der Waals surface area contributed by atoms with Gasteiger partial charge in [0.25, 0.3) is 0 Å². The Morgan fingerprint density at radius 3 is 1.71 bits per heavy atom. The molecule has 1 rings (SSSR count). The molecule has 0 saturated carbocycles. The second kappa shape index (κ2) is 5.89. The predicted octanol–water partition coefficient (Wildman–Crippen LogP) is 5.41. The molecule has 1 unspecified atom stereocenters. The Kier molecular flexibility index (Phi) is 5.09. The molecule has 24 heavy (non-hydrogen) atoms. The number of benzene rings is 1. The van der Waals surface area contributed by atoms with Crippen molar-refractivity contribution in [2.75, 3.05) is 0 Å². The van der Waals surface area contributed by atoms with Crippen molar-refractivity contribution in [1.82, 2.24) is 0 Å². The fourth-order valence-electron chi connectivity index (χ4n) is 2.17. The van der Waals surface area contributed by atoms with Gasteiger partial charge in [0.1, 0.15) is 0 Å². The van der Waals surface area contributed by atoms with E-state index in [1.807, 2.05) is 0 Å². The Labute approximate surface area is 135 Å². The Morgan fingerprint density at radius 1 is 0.833 bits per heavy atom. The van der Waals surface area contributed by atoms with Gasteiger partial charge in [-0.15, -0.1) is 0 Å². The third kappa shape index (κ3) is 4.02. The van der Waals surface area contributed by atoms with Crippen LogP contribution in [0, 0.1) is 0 Å². The summed E-state index contributed by atoms with van der Waals surface area (Å²) in [5.74, 6) is -11.7. The molecule has 0 bridgehead atoms. The van der Waals surface area contributed by atoms with E-state index in [1.54, 1.807) is 26.8 Å². The first-order chi connectivity index (χ1) is 10.4. The highest BCUT2D eigenvalue weighted by Gasteiger charge is 2.73. The second-order valence-corrected chi connectivity index (χ2v) is 7.06. The van der Waals surface area contributed by atoms with E-state index in [2.05, 4.69) is 0 Å². The van der Waals surface area contributed by atoms with Crippen molar-refractivity contribution in [3.8, 4) is 0 Å². The summed E-state index contributed by atoms with van der Waals surface area (Å²) in [6.45, 7) is 6.18. The number of alkyl halides is 7. The second-order valence-electron chi connectivity index (χ2n) is 7.06. The maximum atomic E-state index is 13.6. The number of hydrogen-bond acceptors (Lipinski definition) is 1. The summed E-state index contributed by atoms with van der Waals surface area (Å²) in [5.41, 5.74) is -2.54. The van der Waals surface area contributed by atoms with Crippen molar-refractivity contribution in [3.05, 3.63) is 35.4 Å². The molecular formula is C16H19F7O. The van der Waals surface area contributed by atoms with Crippen LogP contribution in [0.4, 0.5) is 30.7 Å². The Balaban J connectivity index is 3.23. The lowest BCUT2D eigenvalue weighted by Crippen LogP contribution is -2.54. The molecule has 0 fully saturated rings. The summed E-state index contributed by atoms with van der Waals surface area (Å²) in [5, 5.41) is 10.2. The van der Waals surface area contributed by atoms with Crippen LogP contribution in [-0.4, -0.2) is 23.1 Å². The fraction of sp³-hybridized carbons (Fsp3) is 0.625. The van der Waals surface area contributed by atoms with Gasteiger partial charge in [-0.2, -0.15) is 30.7 Å². The highest BCUT2D eigenvalue weighted by atomic mass is 19.4. The van der Waals surface area contributed by atoms with Crippen LogP contribution >= 0.6 is 0 Å². The van der Waals surface area contributed by atoms with Crippen LogP contribution in [-0.2, 0) is 11.0 Å². The number of rotatable bonds is 4. The Bertz CT molecular complexity index is 583. The van der Waals surface area contributed by atoms with E-state index >= 15 is 0 Å². The lowest BCUT2D eigenvalue weighted by atomic mass is 9.81. The topological polar surface area (TPSA) is 20.2 Å². The number of hydrogen-bond donors (Lipinski definition) is 1. The molecule has 1 nitrogen and oxygen atoms in total. The Hall–Kier alpha value is -1.31. The molecule has 138 valence electrons. The molecule has 0 heterocycles. The maximum Gasteiger partial charge on any atom is 0.459 e. The molecule has 0 spiro atoms. The summed E-state index contributed by atoms with van der Waals surface area (Å²) < 4.78 is 89.9. The number of halogens is 7. The van der Waals surface area contributed by atoms with Gasteiger partial charge >= 0.3 is 18.0 Å². The Morgan fingerprint density at radius 2 is 1.29 bits per heavy atom. The summed E-state index contributed by atoms with van der Waals surface area (Å²) in [7, 11) is 0. The van der Waals surface area contributed by atoms with Gasteiger partial charge in [0, 0.05) is 0 Å². The third-order valence-electron chi connectivity index (χ3n) is 3.73. The van der Waals surface area contributed by atoms with Crippen molar-refractivity contribution < 1.29 is 35.8 Å². The molecular weight excluding hydrogens is 341 g/mol. The molecule has 0 amide bonds. The minimum Gasteiger partial charge on any atom is -0.385 e. The van der Waals surface area contributed by atoms with Gasteiger partial charge < -0.3 is 5.11 Å². The normalized spacial score (nSPS) is 16.8. The molecule has 1 aromatic carbocycles. The van der Waals surface area contributed by atoms with Crippen LogP contribution in [0.1, 0.15) is 45.2 Å². The smallest absolute Gasteiger partial charge is 0.385 e. The van der Waals surface area contributed by atoms with Crippen molar-refractivity contribution in [2.45, 2.75) is 63.2 Å². The standard InChI is InChI=1S/C16H19F7O/c1-12(2,3)10-6-5-7-11(8-10)13(4,24)9-14(17,18)15(19,20)16(21,22)23/h5-8,24H,9H2,1-4H3. The average Bonchev–Trinajstić information content (AvgIpc) is 2.35. The van der Waals surface area contributed by atoms with Crippen molar-refractivity contribution in [1.29, 1.82) is 0 Å². The summed E-state index contributed by atoms with van der Waals surface area (Å²) in [6, 6.07) is 5.59. The molecule has 1 atom stereocenters. The SMILES string of the molecule is CC(C)(C)c1cccc(C(C)(O)CC(F)(F)C(F)(F)C(F)(F)F)c1. The number of aliphatic hydroxyl groups is 1. The van der Waals surface area contributed by atoms with E-state index in [1.165, 1.54) is 18.2 Å². The van der Waals surface area contributed by atoms with Gasteiger partial charge in [-0.25, -0.2) is 0 Å². The lowest BCUT2D eigenvalue weighted by Gasteiger charge is -2.34. The van der Waals surface area contributed by atoms with Crippen LogP contribution in [0.3, 0.4) is 0 Å². The van der Waals surface area contributed by atoms with Gasteiger partial charge in [-0.3, -0.25) is 0 Å². The minimum absolute atomic E-state index is 0.160. The van der Waals surface area contributed by atoms with Gasteiger partial charge in [0.15, 0.2) is 0 Å². The molecule has 0 radical (unpaired) electrons. The van der Waals surface area contributed by atoms with Gasteiger partial charge in [-0.05, 0) is 23.5 Å². The van der Waals surface area contributed by atoms with Gasteiger partial charge in [0.05, 0.1) is 12.0 Å². The fourth-order valence-corrected chi connectivity index (χ4v) is 2.17. The predicted molar refractivity (Wildman–Crippen MR) is 75.3 cm³/mol. The summed E-state index contributed by atoms with van der Waals surface area (Å²) in [4.78, 5) is 0. The maximum absolute atomic E-state index is 13.6. The van der Waals surface area contributed by atoms with E-state index in [0.717, 1.165) is 6.92 Å². The molecule has 1 aromatic rings. The van der Waals surface area contributed by atoms with Crippen molar-refractivity contribution in [3.63, 3.8) is 0 Å². The van der Waals surface area contributed by atoms with Crippen LogP contribution < -0.4 is 0 Å². The van der Waals surface area contributed by atoms with Gasteiger partial charge in [-0.1, -0.05) is 45.0 Å². The van der Waals surface area contributed by atoms with E-state index in [0.29, 0.717) is 5.56 Å². The molecule has 0 aromatic heterocycles. The average molecular weight is 360 g/mol. The molecule has 0 saturated heterocycles. The zero-order valence-electron chi connectivity index (χ0n) is 13.6. The first kappa shape index (κ1) is 20.7. The first-order valence-electron chi connectivity index (χ1n) is 7.07. The van der Waals surface area contributed by atoms with Gasteiger partial charge in [0.2, 0.25) is 0 Å². The minimum atomic E-state index is -6.42. The van der Waals surface area contributed by atoms with E-state index in [4.69, 9.17) is 0 Å². The van der Waals surface area contributed by atoms with Crippen LogP contribution in [0.15, 0.2) is 24.3 Å². The molecule has 0 aliphatic carbocycles. The van der Waals surface area contributed by atoms with Crippen molar-refractivity contribution in [2.24, 2.45) is 0 Å². The first-order valence-corrected chi connectivity index (χ1v) is 7.07. The highest BCUT2D eigenvalue weighted by molar-refractivity contribution is 5.32. The monoisotopic (exact) mass is 360 g/mol. The molecule has 0 aliphatic heterocycles.